The van der Waals surface area contributed by atoms with Crippen molar-refractivity contribution in [2.75, 3.05) is 5.32 Å². The minimum Gasteiger partial charge on any atom is -0.478 e. The van der Waals surface area contributed by atoms with Crippen LogP contribution in [-0.4, -0.2) is 26.8 Å². The predicted octanol–water partition coefficient (Wildman–Crippen LogP) is 2.24. The Bertz CT molecular complexity index is 710. The molecule has 6 nitrogen and oxygen atoms in total. The lowest BCUT2D eigenvalue weighted by Gasteiger charge is -2.13. The van der Waals surface area contributed by atoms with Crippen LogP contribution in [0.2, 0.25) is 0 Å². The molecule has 0 spiro atoms. The third-order valence-corrected chi connectivity index (χ3v) is 2.69. The van der Waals surface area contributed by atoms with Crippen molar-refractivity contribution in [3.63, 3.8) is 0 Å². The normalized spacial score (nSPS) is 11.2. The van der Waals surface area contributed by atoms with Gasteiger partial charge in [0, 0.05) is 6.20 Å². The number of hydrogen-bond acceptors (Lipinski definition) is 3. The molecule has 0 aliphatic heterocycles. The average Bonchev–Trinajstić information content (AvgIpc) is 2.86. The molecule has 0 bridgehead atoms. The molecule has 1 amide bonds. The van der Waals surface area contributed by atoms with Gasteiger partial charge in [0.05, 0.1) is 23.0 Å². The third kappa shape index (κ3) is 3.62. The van der Waals surface area contributed by atoms with Crippen molar-refractivity contribution in [1.82, 2.24) is 9.78 Å². The maximum atomic E-state index is 12.8. The molecule has 2 rings (SSSR count). The molecule has 0 radical (unpaired) electrons. The summed E-state index contributed by atoms with van der Waals surface area (Å²) in [5.41, 5.74) is -1.45. The molecule has 1 aromatic carbocycles. The number of amides is 1. The first-order valence-corrected chi connectivity index (χ1v) is 5.99. The Hall–Kier alpha value is -2.84. The Morgan fingerprint density at radius 2 is 1.95 bits per heavy atom. The lowest BCUT2D eigenvalue weighted by Crippen LogP contribution is -2.21. The van der Waals surface area contributed by atoms with Crippen LogP contribution in [0.1, 0.15) is 15.9 Å². The second kappa shape index (κ2) is 5.88. The van der Waals surface area contributed by atoms with E-state index in [2.05, 4.69) is 10.4 Å². The number of hydrogen-bond donors (Lipinski definition) is 2. The number of carboxylic acid groups (broad SMARTS) is 1. The van der Waals surface area contributed by atoms with Crippen molar-refractivity contribution in [3.8, 4) is 0 Å². The maximum Gasteiger partial charge on any atom is 0.418 e. The van der Waals surface area contributed by atoms with Gasteiger partial charge in [0.15, 0.2) is 0 Å². The van der Waals surface area contributed by atoms with Gasteiger partial charge in [-0.1, -0.05) is 12.1 Å². The molecule has 2 aromatic rings. The standard InChI is InChI=1S/C13H10F3N3O3/c14-13(15,16)9-3-1-2-4-10(9)18-11(20)7-19-6-8(5-17-19)12(21)22/h1-6H,7H2,(H,18,20)(H,21,22). The molecule has 0 atom stereocenters. The molecule has 116 valence electrons. The van der Waals surface area contributed by atoms with E-state index in [9.17, 15) is 22.8 Å². The van der Waals surface area contributed by atoms with Gasteiger partial charge in [0.1, 0.15) is 6.54 Å². The number of rotatable bonds is 4. The van der Waals surface area contributed by atoms with Crippen LogP contribution in [0, 0.1) is 0 Å². The number of halogens is 3. The van der Waals surface area contributed by atoms with E-state index in [4.69, 9.17) is 5.11 Å². The number of carboxylic acids is 1. The topological polar surface area (TPSA) is 84.2 Å². The summed E-state index contributed by atoms with van der Waals surface area (Å²) in [4.78, 5) is 22.4. The van der Waals surface area contributed by atoms with Crippen LogP contribution < -0.4 is 5.32 Å². The van der Waals surface area contributed by atoms with Crippen molar-refractivity contribution in [2.24, 2.45) is 0 Å². The predicted molar refractivity (Wildman–Crippen MR) is 69.3 cm³/mol. The van der Waals surface area contributed by atoms with Crippen molar-refractivity contribution in [2.45, 2.75) is 12.7 Å². The van der Waals surface area contributed by atoms with E-state index in [0.29, 0.717) is 0 Å². The van der Waals surface area contributed by atoms with Crippen molar-refractivity contribution >= 4 is 17.6 Å². The summed E-state index contributed by atoms with van der Waals surface area (Å²) >= 11 is 0. The highest BCUT2D eigenvalue weighted by molar-refractivity contribution is 5.91. The van der Waals surface area contributed by atoms with Gasteiger partial charge in [-0.15, -0.1) is 0 Å². The number of carbonyl (C=O) groups is 2. The molecule has 9 heteroatoms. The second-order valence-corrected chi connectivity index (χ2v) is 4.32. The fourth-order valence-corrected chi connectivity index (χ4v) is 1.74. The van der Waals surface area contributed by atoms with E-state index in [1.54, 1.807) is 0 Å². The highest BCUT2D eigenvalue weighted by Gasteiger charge is 2.33. The third-order valence-electron chi connectivity index (χ3n) is 2.69. The zero-order valence-corrected chi connectivity index (χ0v) is 11.0. The molecule has 1 aromatic heterocycles. The summed E-state index contributed by atoms with van der Waals surface area (Å²) in [6.45, 7) is -0.403. The van der Waals surface area contributed by atoms with Crippen LogP contribution in [0.3, 0.4) is 0 Å². The Morgan fingerprint density at radius 3 is 2.55 bits per heavy atom. The van der Waals surface area contributed by atoms with Gasteiger partial charge in [-0.05, 0) is 12.1 Å². The number of anilines is 1. The molecule has 0 unspecified atom stereocenters. The fraction of sp³-hybridized carbons (Fsp3) is 0.154. The molecule has 22 heavy (non-hydrogen) atoms. The van der Waals surface area contributed by atoms with Gasteiger partial charge < -0.3 is 10.4 Å². The summed E-state index contributed by atoms with van der Waals surface area (Å²) in [6.07, 6.45) is -2.44. The molecule has 0 aliphatic carbocycles. The Morgan fingerprint density at radius 1 is 1.27 bits per heavy atom. The van der Waals surface area contributed by atoms with Crippen molar-refractivity contribution < 1.29 is 27.9 Å². The first-order valence-electron chi connectivity index (χ1n) is 5.99. The van der Waals surface area contributed by atoms with Crippen LogP contribution >= 0.6 is 0 Å². The lowest BCUT2D eigenvalue weighted by molar-refractivity contribution is -0.137. The SMILES string of the molecule is O=C(Cn1cc(C(=O)O)cn1)Nc1ccccc1C(F)(F)F. The number of carbonyl (C=O) groups excluding carboxylic acids is 1. The van der Waals surface area contributed by atoms with E-state index in [1.165, 1.54) is 12.1 Å². The number of aromatic carboxylic acids is 1. The number of aromatic nitrogens is 2. The number of benzene rings is 1. The minimum atomic E-state index is -4.59. The quantitative estimate of drug-likeness (QED) is 0.906. The van der Waals surface area contributed by atoms with E-state index < -0.39 is 30.2 Å². The van der Waals surface area contributed by atoms with E-state index >= 15 is 0 Å². The molecular weight excluding hydrogens is 303 g/mol. The number of para-hydroxylation sites is 1. The zero-order valence-electron chi connectivity index (χ0n) is 11.0. The van der Waals surface area contributed by atoms with Crippen LogP contribution in [0.4, 0.5) is 18.9 Å². The maximum absolute atomic E-state index is 12.8. The van der Waals surface area contributed by atoms with E-state index in [-0.39, 0.29) is 11.3 Å². The lowest BCUT2D eigenvalue weighted by atomic mass is 10.1. The molecular formula is C13H10F3N3O3. The van der Waals surface area contributed by atoms with Crippen molar-refractivity contribution in [1.29, 1.82) is 0 Å². The second-order valence-electron chi connectivity index (χ2n) is 4.32. The number of nitrogens with one attached hydrogen (secondary N) is 1. The molecule has 2 N–H and O–H groups in total. The summed E-state index contributed by atoms with van der Waals surface area (Å²) in [5.74, 6) is -1.97. The summed E-state index contributed by atoms with van der Waals surface area (Å²) in [7, 11) is 0. The number of nitrogens with zero attached hydrogens (tertiary/aromatic N) is 2. The summed E-state index contributed by atoms with van der Waals surface area (Å²) in [5, 5.41) is 14.5. The Balaban J connectivity index is 2.11. The van der Waals surface area contributed by atoms with Gasteiger partial charge in [0.2, 0.25) is 5.91 Å². The van der Waals surface area contributed by atoms with Crippen molar-refractivity contribution in [3.05, 3.63) is 47.8 Å². The largest absolute Gasteiger partial charge is 0.478 e. The van der Waals surface area contributed by atoms with Crippen LogP contribution in [-0.2, 0) is 17.5 Å². The minimum absolute atomic E-state index is 0.122. The van der Waals surface area contributed by atoms with Gasteiger partial charge >= 0.3 is 12.1 Å². The molecule has 1 heterocycles. The van der Waals surface area contributed by atoms with Gasteiger partial charge in [-0.3, -0.25) is 9.48 Å². The monoisotopic (exact) mass is 313 g/mol. The highest BCUT2D eigenvalue weighted by atomic mass is 19.4. The molecule has 0 aliphatic rings. The summed E-state index contributed by atoms with van der Waals surface area (Å²) < 4.78 is 39.4. The van der Waals surface area contributed by atoms with Gasteiger partial charge in [-0.25, -0.2) is 4.79 Å². The smallest absolute Gasteiger partial charge is 0.418 e. The average molecular weight is 313 g/mol. The Kier molecular flexibility index (Phi) is 4.15. The van der Waals surface area contributed by atoms with E-state index in [1.807, 2.05) is 0 Å². The highest BCUT2D eigenvalue weighted by Crippen LogP contribution is 2.34. The first kappa shape index (κ1) is 15.5. The molecule has 0 fully saturated rings. The van der Waals surface area contributed by atoms with Gasteiger partial charge in [-0.2, -0.15) is 18.3 Å². The molecule has 0 saturated heterocycles. The fourth-order valence-electron chi connectivity index (χ4n) is 1.74. The number of alkyl halides is 3. The van der Waals surface area contributed by atoms with Crippen LogP contribution in [0.5, 0.6) is 0 Å². The zero-order chi connectivity index (χ0) is 16.3. The van der Waals surface area contributed by atoms with E-state index in [0.717, 1.165) is 29.2 Å². The first-order chi connectivity index (χ1) is 10.3. The molecule has 0 saturated carbocycles. The van der Waals surface area contributed by atoms with Crippen LogP contribution in [0.15, 0.2) is 36.7 Å². The van der Waals surface area contributed by atoms with Crippen LogP contribution in [0.25, 0.3) is 0 Å². The van der Waals surface area contributed by atoms with Gasteiger partial charge in [0.25, 0.3) is 0 Å². The Labute approximate surface area is 122 Å². The summed E-state index contributed by atoms with van der Waals surface area (Å²) in [6, 6.07) is 4.56.